The smallest absolute Gasteiger partial charge is 0.180 e. The Balaban J connectivity index is 1.55. The number of aliphatic hydroxyl groups is 1. The molecular formula is C23H21FN6O. The fourth-order valence-electron chi connectivity index (χ4n) is 3.54. The summed E-state index contributed by atoms with van der Waals surface area (Å²) in [5.41, 5.74) is 4.06. The van der Waals surface area contributed by atoms with Gasteiger partial charge < -0.3 is 14.8 Å². The second kappa shape index (κ2) is 7.17. The summed E-state index contributed by atoms with van der Waals surface area (Å²) < 4.78 is 16.3. The van der Waals surface area contributed by atoms with Crippen molar-refractivity contribution in [2.24, 2.45) is 0 Å². The highest BCUT2D eigenvalue weighted by atomic mass is 19.1. The number of imidazole rings is 1. The first-order valence-electron chi connectivity index (χ1n) is 9.90. The molecule has 3 N–H and O–H groups in total. The molecule has 7 nitrogen and oxygen atoms in total. The van der Waals surface area contributed by atoms with Crippen LogP contribution < -0.4 is 5.32 Å². The van der Waals surface area contributed by atoms with E-state index in [9.17, 15) is 9.50 Å². The number of hydrogen-bond donors (Lipinski definition) is 3. The van der Waals surface area contributed by atoms with E-state index in [0.29, 0.717) is 33.6 Å². The van der Waals surface area contributed by atoms with E-state index in [1.807, 2.05) is 61.0 Å². The Hall–Kier alpha value is -3.78. The summed E-state index contributed by atoms with van der Waals surface area (Å²) in [6, 6.07) is 11.1. The van der Waals surface area contributed by atoms with E-state index in [0.717, 1.165) is 11.3 Å². The van der Waals surface area contributed by atoms with Gasteiger partial charge in [-0.05, 0) is 29.8 Å². The zero-order chi connectivity index (χ0) is 21.6. The van der Waals surface area contributed by atoms with Crippen molar-refractivity contribution in [1.82, 2.24) is 24.6 Å². The molecule has 0 saturated heterocycles. The third-order valence-electron chi connectivity index (χ3n) is 5.50. The number of benzene rings is 2. The molecule has 0 radical (unpaired) electrons. The maximum Gasteiger partial charge on any atom is 0.180 e. The Morgan fingerprint density at radius 1 is 1.19 bits per heavy atom. The topological polar surface area (TPSA) is 91.1 Å². The minimum atomic E-state index is -0.356. The van der Waals surface area contributed by atoms with Crippen molar-refractivity contribution < 1.29 is 9.50 Å². The molecule has 3 heterocycles. The Morgan fingerprint density at radius 2 is 2.00 bits per heavy atom. The average Bonchev–Trinajstić information content (AvgIpc) is 3.43. The van der Waals surface area contributed by atoms with Crippen LogP contribution in [0.1, 0.15) is 19.4 Å². The molecule has 3 aromatic heterocycles. The molecule has 5 aromatic rings. The highest BCUT2D eigenvalue weighted by molar-refractivity contribution is 5.84. The molecule has 0 fully saturated rings. The van der Waals surface area contributed by atoms with Crippen molar-refractivity contribution in [2.75, 3.05) is 11.9 Å². The van der Waals surface area contributed by atoms with Gasteiger partial charge in [0.1, 0.15) is 5.82 Å². The van der Waals surface area contributed by atoms with Crippen molar-refractivity contribution in [1.29, 1.82) is 0 Å². The second-order valence-corrected chi connectivity index (χ2v) is 8.17. The second-order valence-electron chi connectivity index (χ2n) is 8.17. The van der Waals surface area contributed by atoms with Crippen molar-refractivity contribution in [3.05, 3.63) is 72.6 Å². The van der Waals surface area contributed by atoms with Gasteiger partial charge in [0, 0.05) is 35.3 Å². The number of hydrogen-bond acceptors (Lipinski definition) is 5. The van der Waals surface area contributed by atoms with Crippen molar-refractivity contribution in [2.45, 2.75) is 19.3 Å². The van der Waals surface area contributed by atoms with E-state index in [-0.39, 0.29) is 17.8 Å². The van der Waals surface area contributed by atoms with Gasteiger partial charge in [0.25, 0.3) is 0 Å². The van der Waals surface area contributed by atoms with Gasteiger partial charge in [-0.3, -0.25) is 5.10 Å². The van der Waals surface area contributed by atoms with Crippen LogP contribution in [0.15, 0.2) is 61.2 Å². The summed E-state index contributed by atoms with van der Waals surface area (Å²) in [5, 5.41) is 20.1. The number of aromatic nitrogens is 5. The van der Waals surface area contributed by atoms with E-state index in [1.165, 1.54) is 12.3 Å². The third-order valence-corrected chi connectivity index (χ3v) is 5.50. The Labute approximate surface area is 177 Å². The van der Waals surface area contributed by atoms with Gasteiger partial charge in [0.15, 0.2) is 11.5 Å². The summed E-state index contributed by atoms with van der Waals surface area (Å²) in [4.78, 5) is 9.12. The normalized spacial score (nSPS) is 12.0. The molecule has 8 heteroatoms. The third kappa shape index (κ3) is 3.40. The Morgan fingerprint density at radius 3 is 2.77 bits per heavy atom. The van der Waals surface area contributed by atoms with Gasteiger partial charge in [0.2, 0.25) is 0 Å². The summed E-state index contributed by atoms with van der Waals surface area (Å²) >= 11 is 0. The molecule has 0 aliphatic carbocycles. The number of halogens is 1. The number of aromatic amines is 1. The summed E-state index contributed by atoms with van der Waals surface area (Å²) in [7, 11) is 0. The molecule has 31 heavy (non-hydrogen) atoms. The molecule has 0 amide bonds. The van der Waals surface area contributed by atoms with E-state index in [1.54, 1.807) is 6.20 Å². The van der Waals surface area contributed by atoms with Crippen LogP contribution in [-0.2, 0) is 5.41 Å². The quantitative estimate of drug-likeness (QED) is 0.394. The monoisotopic (exact) mass is 416 g/mol. The SMILES string of the molecule is CC(C)(CO)c1ccc(Nc2nc(-c3cc(F)c4cn[nH]c4c3)cn3ccnc23)cc1. The first-order valence-corrected chi connectivity index (χ1v) is 9.90. The molecular weight excluding hydrogens is 395 g/mol. The zero-order valence-corrected chi connectivity index (χ0v) is 17.1. The van der Waals surface area contributed by atoms with Gasteiger partial charge >= 0.3 is 0 Å². The van der Waals surface area contributed by atoms with Crippen molar-refractivity contribution in [3.63, 3.8) is 0 Å². The Kier molecular flexibility index (Phi) is 4.44. The van der Waals surface area contributed by atoms with Crippen LogP contribution in [0.4, 0.5) is 15.9 Å². The number of H-pyrrole nitrogens is 1. The van der Waals surface area contributed by atoms with Crippen LogP contribution in [0.25, 0.3) is 27.8 Å². The fourth-order valence-corrected chi connectivity index (χ4v) is 3.54. The summed E-state index contributed by atoms with van der Waals surface area (Å²) in [6.07, 6.45) is 6.80. The van der Waals surface area contributed by atoms with E-state index in [2.05, 4.69) is 20.5 Å². The molecule has 0 unspecified atom stereocenters. The Bertz CT molecular complexity index is 1390. The van der Waals surface area contributed by atoms with Gasteiger partial charge in [-0.2, -0.15) is 5.10 Å². The molecule has 0 bridgehead atoms. The largest absolute Gasteiger partial charge is 0.395 e. The number of rotatable bonds is 5. The lowest BCUT2D eigenvalue weighted by Gasteiger charge is -2.22. The first kappa shape index (κ1) is 19.2. The summed E-state index contributed by atoms with van der Waals surface area (Å²) in [5.74, 6) is 0.201. The number of fused-ring (bicyclic) bond motifs is 2. The summed E-state index contributed by atoms with van der Waals surface area (Å²) in [6.45, 7) is 4.05. The van der Waals surface area contributed by atoms with Crippen LogP contribution in [0, 0.1) is 5.82 Å². The minimum Gasteiger partial charge on any atom is -0.395 e. The zero-order valence-electron chi connectivity index (χ0n) is 17.1. The van der Waals surface area contributed by atoms with Crippen molar-refractivity contribution in [3.8, 4) is 11.3 Å². The van der Waals surface area contributed by atoms with Crippen LogP contribution in [0.3, 0.4) is 0 Å². The first-order chi connectivity index (χ1) is 14.9. The number of aliphatic hydroxyl groups excluding tert-OH is 1. The molecule has 0 saturated carbocycles. The molecule has 5 rings (SSSR count). The van der Waals surface area contributed by atoms with Crippen LogP contribution in [0.2, 0.25) is 0 Å². The number of nitrogens with zero attached hydrogens (tertiary/aromatic N) is 4. The molecule has 0 atom stereocenters. The van der Waals surface area contributed by atoms with Crippen LogP contribution in [-0.4, -0.2) is 36.3 Å². The van der Waals surface area contributed by atoms with E-state index in [4.69, 9.17) is 4.98 Å². The van der Waals surface area contributed by atoms with Crippen LogP contribution >= 0.6 is 0 Å². The molecule has 0 spiro atoms. The van der Waals surface area contributed by atoms with E-state index < -0.39 is 0 Å². The standard InChI is InChI=1S/C23H21FN6O/c1-23(2,13-31)15-3-5-16(6-4-15)27-21-22-25-7-8-30(22)12-20(28-21)14-9-18(24)17-11-26-29-19(17)10-14/h3-12,31H,13H2,1-2H3,(H,26,29)(H,27,28). The highest BCUT2D eigenvalue weighted by Gasteiger charge is 2.19. The molecule has 156 valence electrons. The number of nitrogens with one attached hydrogen (secondary N) is 2. The van der Waals surface area contributed by atoms with Gasteiger partial charge in [-0.15, -0.1) is 0 Å². The maximum absolute atomic E-state index is 14.5. The fraction of sp³-hybridized carbons (Fsp3) is 0.174. The predicted octanol–water partition coefficient (Wildman–Crippen LogP) is 4.43. The average molecular weight is 416 g/mol. The lowest BCUT2D eigenvalue weighted by Crippen LogP contribution is -2.21. The van der Waals surface area contributed by atoms with Gasteiger partial charge in [-0.1, -0.05) is 26.0 Å². The van der Waals surface area contributed by atoms with Crippen LogP contribution in [0.5, 0.6) is 0 Å². The minimum absolute atomic E-state index is 0.0648. The lowest BCUT2D eigenvalue weighted by molar-refractivity contribution is 0.218. The van der Waals surface area contributed by atoms with E-state index >= 15 is 0 Å². The van der Waals surface area contributed by atoms with Crippen molar-refractivity contribution >= 4 is 28.1 Å². The number of anilines is 2. The highest BCUT2D eigenvalue weighted by Crippen LogP contribution is 2.29. The molecule has 2 aromatic carbocycles. The molecule has 0 aliphatic heterocycles. The van der Waals surface area contributed by atoms with Gasteiger partial charge in [0.05, 0.1) is 29.4 Å². The molecule has 0 aliphatic rings. The maximum atomic E-state index is 14.5. The van der Waals surface area contributed by atoms with Gasteiger partial charge in [-0.25, -0.2) is 14.4 Å². The predicted molar refractivity (Wildman–Crippen MR) is 118 cm³/mol. The lowest BCUT2D eigenvalue weighted by atomic mass is 9.85.